The average molecular weight is 306 g/mol. The van der Waals surface area contributed by atoms with Gasteiger partial charge in [-0.1, -0.05) is 32.4 Å². The van der Waals surface area contributed by atoms with Crippen molar-refractivity contribution in [1.29, 1.82) is 0 Å². The van der Waals surface area contributed by atoms with Crippen LogP contribution in [0.15, 0.2) is 18.2 Å². The lowest BCUT2D eigenvalue weighted by Crippen LogP contribution is -2.47. The Kier molecular flexibility index (Phi) is 6.11. The smallest absolute Gasteiger partial charge is 0.313 e. The Morgan fingerprint density at radius 3 is 2.50 bits per heavy atom. The highest BCUT2D eigenvalue weighted by atomic mass is 16.3. The van der Waals surface area contributed by atoms with E-state index in [1.807, 2.05) is 39.8 Å². The summed E-state index contributed by atoms with van der Waals surface area (Å²) in [5.74, 6) is -1.45. The van der Waals surface area contributed by atoms with E-state index in [9.17, 15) is 14.7 Å². The van der Waals surface area contributed by atoms with Gasteiger partial charge in [0.1, 0.15) is 0 Å². The zero-order valence-electron chi connectivity index (χ0n) is 14.0. The van der Waals surface area contributed by atoms with E-state index in [0.717, 1.165) is 17.5 Å². The number of nitrogens with one attached hydrogen (secondary N) is 2. The maximum Gasteiger partial charge on any atom is 0.313 e. The van der Waals surface area contributed by atoms with Gasteiger partial charge < -0.3 is 15.7 Å². The molecule has 0 fully saturated rings. The molecule has 3 N–H and O–H groups in total. The predicted molar refractivity (Wildman–Crippen MR) is 87.6 cm³/mol. The second-order valence-electron chi connectivity index (χ2n) is 6.05. The molecule has 22 heavy (non-hydrogen) atoms. The number of amides is 2. The Morgan fingerprint density at radius 2 is 1.91 bits per heavy atom. The van der Waals surface area contributed by atoms with Crippen LogP contribution in [0.4, 0.5) is 5.69 Å². The van der Waals surface area contributed by atoms with E-state index in [1.54, 1.807) is 13.0 Å². The van der Waals surface area contributed by atoms with Crippen molar-refractivity contribution in [2.75, 3.05) is 11.9 Å². The van der Waals surface area contributed by atoms with Crippen LogP contribution in [0.2, 0.25) is 0 Å². The zero-order valence-corrected chi connectivity index (χ0v) is 14.0. The molecule has 2 atom stereocenters. The summed E-state index contributed by atoms with van der Waals surface area (Å²) in [4.78, 5) is 23.8. The van der Waals surface area contributed by atoms with E-state index in [0.29, 0.717) is 5.69 Å². The van der Waals surface area contributed by atoms with Crippen molar-refractivity contribution in [3.8, 4) is 0 Å². The summed E-state index contributed by atoms with van der Waals surface area (Å²) in [6.07, 6.45) is 0.789. The number of anilines is 1. The van der Waals surface area contributed by atoms with E-state index in [2.05, 4.69) is 10.6 Å². The number of hydrogen-bond donors (Lipinski definition) is 3. The molecule has 0 aliphatic heterocycles. The lowest BCUT2D eigenvalue weighted by molar-refractivity contribution is -0.137. The quantitative estimate of drug-likeness (QED) is 0.729. The topological polar surface area (TPSA) is 78.4 Å². The molecule has 0 aromatic heterocycles. The Balaban J connectivity index is 2.63. The van der Waals surface area contributed by atoms with Crippen LogP contribution in [0, 0.1) is 19.8 Å². The first-order chi connectivity index (χ1) is 10.2. The van der Waals surface area contributed by atoms with Gasteiger partial charge in [0.05, 0.1) is 5.60 Å². The van der Waals surface area contributed by atoms with Crippen LogP contribution in [0.25, 0.3) is 0 Å². The molecule has 0 saturated heterocycles. The molecular formula is C17H26N2O3. The van der Waals surface area contributed by atoms with Gasteiger partial charge in [0.25, 0.3) is 0 Å². The number of aryl methyl sites for hydroxylation is 1. The van der Waals surface area contributed by atoms with Crippen LogP contribution < -0.4 is 10.6 Å². The van der Waals surface area contributed by atoms with Crippen LogP contribution in [-0.2, 0) is 9.59 Å². The molecule has 0 spiro atoms. The van der Waals surface area contributed by atoms with Gasteiger partial charge in [0, 0.05) is 12.2 Å². The van der Waals surface area contributed by atoms with E-state index in [4.69, 9.17) is 0 Å². The summed E-state index contributed by atoms with van der Waals surface area (Å²) in [7, 11) is 0. The molecule has 0 radical (unpaired) electrons. The molecule has 0 aliphatic rings. The van der Waals surface area contributed by atoms with Gasteiger partial charge in [-0.2, -0.15) is 0 Å². The van der Waals surface area contributed by atoms with E-state index < -0.39 is 17.4 Å². The fourth-order valence-corrected chi connectivity index (χ4v) is 2.02. The van der Waals surface area contributed by atoms with Crippen LogP contribution in [0.1, 0.15) is 38.3 Å². The highest BCUT2D eigenvalue weighted by Crippen LogP contribution is 2.19. The van der Waals surface area contributed by atoms with Crippen molar-refractivity contribution in [2.45, 2.75) is 46.6 Å². The summed E-state index contributed by atoms with van der Waals surface area (Å²) in [5, 5.41) is 15.3. The van der Waals surface area contributed by atoms with Crippen molar-refractivity contribution < 1.29 is 14.7 Å². The van der Waals surface area contributed by atoms with Crippen molar-refractivity contribution in [1.82, 2.24) is 5.32 Å². The third kappa shape index (κ3) is 4.56. The number of aliphatic hydroxyl groups is 1. The minimum atomic E-state index is -1.04. The number of rotatable bonds is 5. The predicted octanol–water partition coefficient (Wildman–Crippen LogP) is 2.16. The van der Waals surface area contributed by atoms with Crippen molar-refractivity contribution in [2.24, 2.45) is 5.92 Å². The van der Waals surface area contributed by atoms with Crippen LogP contribution in [-0.4, -0.2) is 29.1 Å². The Bertz CT molecular complexity index is 553. The summed E-state index contributed by atoms with van der Waals surface area (Å²) in [5.41, 5.74) is 1.55. The molecule has 0 bridgehead atoms. The maximum absolute atomic E-state index is 11.9. The fraction of sp³-hybridized carbons (Fsp3) is 0.529. The molecule has 0 aliphatic carbocycles. The van der Waals surface area contributed by atoms with Crippen LogP contribution in [0.5, 0.6) is 0 Å². The van der Waals surface area contributed by atoms with Gasteiger partial charge >= 0.3 is 11.8 Å². The second-order valence-corrected chi connectivity index (χ2v) is 6.05. The summed E-state index contributed by atoms with van der Waals surface area (Å²) < 4.78 is 0. The third-order valence-electron chi connectivity index (χ3n) is 4.34. The van der Waals surface area contributed by atoms with E-state index >= 15 is 0 Å². The van der Waals surface area contributed by atoms with Gasteiger partial charge in [-0.05, 0) is 43.9 Å². The van der Waals surface area contributed by atoms with Crippen molar-refractivity contribution in [3.05, 3.63) is 29.3 Å². The lowest BCUT2D eigenvalue weighted by Gasteiger charge is -2.29. The molecule has 2 amide bonds. The zero-order chi connectivity index (χ0) is 16.9. The van der Waals surface area contributed by atoms with Gasteiger partial charge in [-0.15, -0.1) is 0 Å². The molecule has 1 aromatic rings. The molecule has 1 rings (SSSR count). The fourth-order valence-electron chi connectivity index (χ4n) is 2.02. The first-order valence-corrected chi connectivity index (χ1v) is 7.56. The molecule has 5 heteroatoms. The number of hydrogen-bond acceptors (Lipinski definition) is 3. The number of benzene rings is 1. The molecule has 0 heterocycles. The molecule has 0 unspecified atom stereocenters. The highest BCUT2D eigenvalue weighted by molar-refractivity contribution is 6.39. The van der Waals surface area contributed by atoms with Gasteiger partial charge in [0.2, 0.25) is 0 Å². The number of carbonyl (C=O) groups excluding carboxylic acids is 2. The molecular weight excluding hydrogens is 280 g/mol. The lowest BCUT2D eigenvalue weighted by atomic mass is 9.89. The SMILES string of the molecule is CC[C@@H](C)[C@@](C)(O)CNC(=O)C(=O)Nc1cccc(C)c1C. The Labute approximate surface area is 132 Å². The largest absolute Gasteiger partial charge is 0.388 e. The monoisotopic (exact) mass is 306 g/mol. The number of carbonyl (C=O) groups is 2. The normalized spacial score (nSPS) is 14.8. The summed E-state index contributed by atoms with van der Waals surface area (Å²) in [6, 6.07) is 5.51. The summed E-state index contributed by atoms with van der Waals surface area (Å²) >= 11 is 0. The van der Waals surface area contributed by atoms with Gasteiger partial charge in [0.15, 0.2) is 0 Å². The maximum atomic E-state index is 11.9. The first kappa shape index (κ1) is 18.2. The minimum absolute atomic E-state index is 0.0230. The second kappa shape index (κ2) is 7.40. The van der Waals surface area contributed by atoms with E-state index in [1.165, 1.54) is 0 Å². The van der Waals surface area contributed by atoms with Crippen LogP contribution >= 0.6 is 0 Å². The standard InChI is InChI=1S/C17H26N2O3/c1-6-12(3)17(5,22)10-18-15(20)16(21)19-14-9-7-8-11(2)13(14)4/h7-9,12,22H,6,10H2,1-5H3,(H,18,20)(H,19,21)/t12-,17+/m1/s1. The van der Waals surface area contributed by atoms with Gasteiger partial charge in [-0.3, -0.25) is 9.59 Å². The molecule has 0 saturated carbocycles. The van der Waals surface area contributed by atoms with Crippen molar-refractivity contribution in [3.63, 3.8) is 0 Å². The van der Waals surface area contributed by atoms with Crippen molar-refractivity contribution >= 4 is 17.5 Å². The Morgan fingerprint density at radius 1 is 1.27 bits per heavy atom. The molecule has 1 aromatic carbocycles. The minimum Gasteiger partial charge on any atom is -0.388 e. The Hall–Kier alpha value is -1.88. The first-order valence-electron chi connectivity index (χ1n) is 7.56. The average Bonchev–Trinajstić information content (AvgIpc) is 2.48. The summed E-state index contributed by atoms with van der Waals surface area (Å²) in [6.45, 7) is 9.40. The molecule has 122 valence electrons. The third-order valence-corrected chi connectivity index (χ3v) is 4.34. The van der Waals surface area contributed by atoms with Gasteiger partial charge in [-0.25, -0.2) is 0 Å². The molecule has 5 nitrogen and oxygen atoms in total. The van der Waals surface area contributed by atoms with Crippen LogP contribution in [0.3, 0.4) is 0 Å². The highest BCUT2D eigenvalue weighted by Gasteiger charge is 2.28. The van der Waals surface area contributed by atoms with E-state index in [-0.39, 0.29) is 12.5 Å².